The Morgan fingerprint density at radius 1 is 1.12 bits per heavy atom. The standard InChI is InChI=1S/C25H22N4O3/c1-25(2)12-16(30)20-18(13-25)32-24-22(21(20)17-9-6-10-31-17)23-27-19(28-29(23)14-26-24)11-15-7-4-3-5-8-15/h3-10,14,21H,11-13H2,1-2H3/t21-/m0/s1. The van der Waals surface area contributed by atoms with E-state index in [0.717, 1.165) is 11.1 Å². The van der Waals surface area contributed by atoms with Crippen LogP contribution in [0, 0.1) is 5.41 Å². The Hall–Kier alpha value is -3.74. The zero-order valence-electron chi connectivity index (χ0n) is 17.9. The molecule has 1 aliphatic carbocycles. The zero-order valence-corrected chi connectivity index (χ0v) is 17.9. The third-order valence-electron chi connectivity index (χ3n) is 6.14. The van der Waals surface area contributed by atoms with Crippen LogP contribution in [0.25, 0.3) is 5.65 Å². The minimum Gasteiger partial charge on any atom is -0.468 e. The van der Waals surface area contributed by atoms with Crippen LogP contribution in [0.3, 0.4) is 0 Å². The van der Waals surface area contributed by atoms with Crippen molar-refractivity contribution in [1.29, 1.82) is 0 Å². The number of Topliss-reactive ketones (excluding diaryl/α,β-unsaturated/α-hetero) is 1. The number of carbonyl (C=O) groups is 1. The van der Waals surface area contributed by atoms with Crippen LogP contribution >= 0.6 is 0 Å². The summed E-state index contributed by atoms with van der Waals surface area (Å²) in [5.41, 5.74) is 2.96. The molecule has 4 aromatic rings. The number of allylic oxidation sites excluding steroid dienone is 2. The van der Waals surface area contributed by atoms with Crippen molar-refractivity contribution in [3.8, 4) is 5.88 Å². The average Bonchev–Trinajstić information content (AvgIpc) is 3.41. The van der Waals surface area contributed by atoms with Gasteiger partial charge in [-0.3, -0.25) is 4.79 Å². The Balaban J connectivity index is 1.53. The summed E-state index contributed by atoms with van der Waals surface area (Å²) in [4.78, 5) is 22.7. The van der Waals surface area contributed by atoms with E-state index >= 15 is 0 Å². The first-order valence-corrected chi connectivity index (χ1v) is 10.7. The van der Waals surface area contributed by atoms with Gasteiger partial charge < -0.3 is 9.15 Å². The van der Waals surface area contributed by atoms with E-state index in [1.54, 1.807) is 17.1 Å². The molecule has 0 N–H and O–H groups in total. The van der Waals surface area contributed by atoms with Gasteiger partial charge >= 0.3 is 0 Å². The lowest BCUT2D eigenvalue weighted by atomic mass is 9.71. The van der Waals surface area contributed by atoms with Crippen LogP contribution in [0.15, 0.2) is 70.8 Å². The number of carbonyl (C=O) groups excluding carboxylic acids is 1. The minimum absolute atomic E-state index is 0.0781. The van der Waals surface area contributed by atoms with Crippen molar-refractivity contribution >= 4 is 11.4 Å². The molecular weight excluding hydrogens is 404 g/mol. The Morgan fingerprint density at radius 3 is 2.75 bits per heavy atom. The number of furan rings is 1. The maximum absolute atomic E-state index is 13.3. The highest BCUT2D eigenvalue weighted by Crippen LogP contribution is 2.50. The fourth-order valence-electron chi connectivity index (χ4n) is 4.78. The van der Waals surface area contributed by atoms with Gasteiger partial charge in [0.15, 0.2) is 17.3 Å². The van der Waals surface area contributed by atoms with E-state index in [-0.39, 0.29) is 11.2 Å². The largest absolute Gasteiger partial charge is 0.468 e. The van der Waals surface area contributed by atoms with Gasteiger partial charge in [-0.2, -0.15) is 0 Å². The molecule has 1 aliphatic heterocycles. The smallest absolute Gasteiger partial charge is 0.228 e. The maximum atomic E-state index is 13.3. The molecule has 0 unspecified atom stereocenters. The highest BCUT2D eigenvalue weighted by molar-refractivity contribution is 6.00. The molecule has 6 rings (SSSR count). The van der Waals surface area contributed by atoms with Gasteiger partial charge in [0.05, 0.1) is 17.7 Å². The molecule has 2 aliphatic rings. The molecule has 0 saturated carbocycles. The van der Waals surface area contributed by atoms with Gasteiger partial charge in [0, 0.05) is 24.8 Å². The molecule has 0 spiro atoms. The Morgan fingerprint density at radius 2 is 1.97 bits per heavy atom. The molecule has 32 heavy (non-hydrogen) atoms. The Kier molecular flexibility index (Phi) is 4.08. The average molecular weight is 426 g/mol. The van der Waals surface area contributed by atoms with E-state index in [1.807, 2.05) is 42.5 Å². The number of ketones is 1. The van der Waals surface area contributed by atoms with E-state index < -0.39 is 5.92 Å². The van der Waals surface area contributed by atoms with Crippen LogP contribution in [0.4, 0.5) is 0 Å². The first-order valence-electron chi connectivity index (χ1n) is 10.7. The molecular formula is C25H22N4O3. The normalized spacial score (nSPS) is 19.6. The summed E-state index contributed by atoms with van der Waals surface area (Å²) < 4.78 is 13.7. The minimum atomic E-state index is -0.419. The van der Waals surface area contributed by atoms with E-state index in [0.29, 0.717) is 53.7 Å². The van der Waals surface area contributed by atoms with Crippen molar-refractivity contribution in [2.45, 2.75) is 39.0 Å². The van der Waals surface area contributed by atoms with Crippen LogP contribution < -0.4 is 4.74 Å². The molecule has 7 nitrogen and oxygen atoms in total. The molecule has 0 fully saturated rings. The highest BCUT2D eigenvalue weighted by atomic mass is 16.5. The molecule has 0 amide bonds. The van der Waals surface area contributed by atoms with Gasteiger partial charge in [0.25, 0.3) is 0 Å². The number of ether oxygens (including phenoxy) is 1. The quantitative estimate of drug-likeness (QED) is 0.481. The first kappa shape index (κ1) is 19.0. The van der Waals surface area contributed by atoms with E-state index in [1.165, 1.54) is 0 Å². The predicted molar refractivity (Wildman–Crippen MR) is 116 cm³/mol. The fourth-order valence-corrected chi connectivity index (χ4v) is 4.78. The second kappa shape index (κ2) is 6.88. The van der Waals surface area contributed by atoms with Gasteiger partial charge in [-0.25, -0.2) is 14.5 Å². The molecule has 4 heterocycles. The highest BCUT2D eigenvalue weighted by Gasteiger charge is 2.44. The van der Waals surface area contributed by atoms with Crippen molar-refractivity contribution < 1.29 is 13.9 Å². The summed E-state index contributed by atoms with van der Waals surface area (Å²) in [6, 6.07) is 13.8. The molecule has 0 radical (unpaired) electrons. The molecule has 160 valence electrons. The monoisotopic (exact) mass is 426 g/mol. The number of benzene rings is 1. The van der Waals surface area contributed by atoms with Crippen molar-refractivity contribution in [3.05, 3.63) is 89.1 Å². The first-order chi connectivity index (χ1) is 15.5. The van der Waals surface area contributed by atoms with Crippen LogP contribution in [0.2, 0.25) is 0 Å². The van der Waals surface area contributed by atoms with Gasteiger partial charge in [-0.05, 0) is 23.1 Å². The number of rotatable bonds is 3. The van der Waals surface area contributed by atoms with Crippen LogP contribution in [-0.4, -0.2) is 25.4 Å². The van der Waals surface area contributed by atoms with Crippen LogP contribution in [0.5, 0.6) is 5.88 Å². The SMILES string of the molecule is CC1(C)CC(=O)C2=C(C1)Oc1ncn3nc(Cc4ccccc4)nc3c1[C@H]2c1ccco1. The lowest BCUT2D eigenvalue weighted by Crippen LogP contribution is -2.33. The summed E-state index contributed by atoms with van der Waals surface area (Å²) in [5.74, 6) is 2.16. The van der Waals surface area contributed by atoms with Gasteiger partial charge in [0.2, 0.25) is 5.88 Å². The molecule has 7 heteroatoms. The van der Waals surface area contributed by atoms with E-state index in [4.69, 9.17) is 14.1 Å². The summed E-state index contributed by atoms with van der Waals surface area (Å²) in [5, 5.41) is 4.63. The lowest BCUT2D eigenvalue weighted by molar-refractivity contribution is -0.118. The number of aromatic nitrogens is 4. The van der Waals surface area contributed by atoms with Gasteiger partial charge in [-0.15, -0.1) is 5.10 Å². The van der Waals surface area contributed by atoms with E-state index in [2.05, 4.69) is 23.9 Å². The molecule has 1 atom stereocenters. The van der Waals surface area contributed by atoms with Crippen molar-refractivity contribution in [2.24, 2.45) is 5.41 Å². The number of fused-ring (bicyclic) bond motifs is 3. The molecule has 3 aromatic heterocycles. The molecule has 0 saturated heterocycles. The topological polar surface area (TPSA) is 82.5 Å². The maximum Gasteiger partial charge on any atom is 0.228 e. The number of hydrogen-bond donors (Lipinski definition) is 0. The van der Waals surface area contributed by atoms with Gasteiger partial charge in [0.1, 0.15) is 17.8 Å². The summed E-state index contributed by atoms with van der Waals surface area (Å²) in [6.45, 7) is 4.17. The summed E-state index contributed by atoms with van der Waals surface area (Å²) in [7, 11) is 0. The number of hydrogen-bond acceptors (Lipinski definition) is 6. The second-order valence-electron chi connectivity index (χ2n) is 9.25. The van der Waals surface area contributed by atoms with Crippen molar-refractivity contribution in [3.63, 3.8) is 0 Å². The van der Waals surface area contributed by atoms with Crippen molar-refractivity contribution in [2.75, 3.05) is 0 Å². The third kappa shape index (κ3) is 3.04. The fraction of sp³-hybridized carbons (Fsp3) is 0.280. The van der Waals surface area contributed by atoms with Gasteiger partial charge in [-0.1, -0.05) is 44.2 Å². The third-order valence-corrected chi connectivity index (χ3v) is 6.14. The summed E-state index contributed by atoms with van der Waals surface area (Å²) >= 11 is 0. The van der Waals surface area contributed by atoms with E-state index in [9.17, 15) is 4.79 Å². The molecule has 0 bridgehead atoms. The second-order valence-corrected chi connectivity index (χ2v) is 9.25. The summed E-state index contributed by atoms with van der Waals surface area (Å²) in [6.07, 6.45) is 4.98. The van der Waals surface area contributed by atoms with Crippen LogP contribution in [-0.2, 0) is 11.2 Å². The lowest BCUT2D eigenvalue weighted by Gasteiger charge is -2.36. The van der Waals surface area contributed by atoms with Crippen molar-refractivity contribution in [1.82, 2.24) is 19.6 Å². The Bertz CT molecular complexity index is 1370. The zero-order chi connectivity index (χ0) is 21.9. The number of nitrogens with zero attached hydrogens (tertiary/aromatic N) is 4. The van der Waals surface area contributed by atoms with Crippen LogP contribution in [0.1, 0.15) is 55.3 Å². The predicted octanol–water partition coefficient (Wildman–Crippen LogP) is 4.48. The molecule has 1 aromatic carbocycles. The Labute approximate surface area is 184 Å².